The zero-order valence-corrected chi connectivity index (χ0v) is 21.4. The van der Waals surface area contributed by atoms with Crippen LogP contribution < -0.4 is 0 Å². The summed E-state index contributed by atoms with van der Waals surface area (Å²) in [4.78, 5) is 0. The molecule has 34 heavy (non-hydrogen) atoms. The van der Waals surface area contributed by atoms with Gasteiger partial charge in [0.25, 0.3) is 0 Å². The van der Waals surface area contributed by atoms with Gasteiger partial charge in [0.15, 0.2) is 5.82 Å². The minimum absolute atomic E-state index is 0. The predicted octanol–water partition coefficient (Wildman–Crippen LogP) is 5.12. The van der Waals surface area contributed by atoms with Gasteiger partial charge in [-0.15, -0.1) is 34.9 Å². The number of aromatic nitrogens is 3. The van der Waals surface area contributed by atoms with Gasteiger partial charge in [-0.25, -0.2) is 4.39 Å². The van der Waals surface area contributed by atoms with Gasteiger partial charge >= 0.3 is 0 Å². The normalized spacial score (nSPS) is 12.2. The van der Waals surface area contributed by atoms with Crippen molar-refractivity contribution in [1.29, 1.82) is 0 Å². The van der Waals surface area contributed by atoms with E-state index in [-0.39, 0.29) is 43.9 Å². The average Bonchev–Trinajstić information content (AvgIpc) is 3.19. The summed E-state index contributed by atoms with van der Waals surface area (Å²) in [6, 6.07) is 21.1. The van der Waals surface area contributed by atoms with Crippen LogP contribution in [-0.2, 0) is 20.1 Å². The first-order chi connectivity index (χ1) is 15.7. The second kappa shape index (κ2) is 12.6. The molecule has 0 aliphatic rings. The molecule has 5 nitrogen and oxygen atoms in total. The minimum Gasteiger partial charge on any atom is -0.393 e. The molecule has 0 fully saturated rings. The summed E-state index contributed by atoms with van der Waals surface area (Å²) in [5.41, 5.74) is 3.29. The van der Waals surface area contributed by atoms with Crippen LogP contribution >= 0.6 is 0 Å². The number of rotatable bonds is 5. The topological polar surface area (TPSA) is 71.2 Å². The van der Waals surface area contributed by atoms with Crippen LogP contribution in [0.15, 0.2) is 66.7 Å². The van der Waals surface area contributed by atoms with Crippen LogP contribution in [0, 0.1) is 24.6 Å². The van der Waals surface area contributed by atoms with E-state index in [2.05, 4.69) is 16.3 Å². The number of aliphatic hydroxyl groups is 2. The fourth-order valence-corrected chi connectivity index (χ4v) is 3.29. The van der Waals surface area contributed by atoms with E-state index in [1.165, 1.54) is 24.3 Å². The van der Waals surface area contributed by atoms with Gasteiger partial charge in [-0.3, -0.25) is 4.39 Å². The van der Waals surface area contributed by atoms with E-state index in [1.807, 2.05) is 35.8 Å². The molecular formula is C26H26F2IrN3O2-. The van der Waals surface area contributed by atoms with Crippen LogP contribution in [0.4, 0.5) is 8.78 Å². The van der Waals surface area contributed by atoms with Gasteiger partial charge in [0.05, 0.1) is 18.0 Å². The number of hydrogen-bond donors (Lipinski definition) is 2. The van der Waals surface area contributed by atoms with Gasteiger partial charge in [-0.1, -0.05) is 12.1 Å². The standard InChI is InChI=1S/C21H14F2N3.C5H12O2.Ir/c1-14-3-2-4-19(13-14)26-20(15-5-9-17(22)10-6-15)24-25-21(26)16-7-11-18(23)12-8-16;1-4(6)3-5(2)7;/h2-7,9-13H,1H3;4-7H,3H2,1-2H3;/q-1;;. The predicted molar refractivity (Wildman–Crippen MR) is 124 cm³/mol. The van der Waals surface area contributed by atoms with Crippen LogP contribution in [0.25, 0.3) is 28.5 Å². The Labute approximate surface area is 211 Å². The third-order valence-electron chi connectivity index (χ3n) is 4.72. The summed E-state index contributed by atoms with van der Waals surface area (Å²) >= 11 is 0. The Balaban J connectivity index is 0.000000449. The van der Waals surface area contributed by atoms with Crippen LogP contribution in [0.3, 0.4) is 0 Å². The smallest absolute Gasteiger partial charge is 0.159 e. The molecule has 2 unspecified atom stereocenters. The Morgan fingerprint density at radius 3 is 2.03 bits per heavy atom. The number of benzene rings is 3. The summed E-state index contributed by atoms with van der Waals surface area (Å²) in [5, 5.41) is 25.7. The molecule has 1 aromatic heterocycles. The molecule has 1 heterocycles. The van der Waals surface area contributed by atoms with Crippen molar-refractivity contribution in [2.75, 3.05) is 0 Å². The number of halogens is 2. The van der Waals surface area contributed by atoms with Gasteiger partial charge in [0.1, 0.15) is 5.82 Å². The van der Waals surface area contributed by atoms with E-state index in [4.69, 9.17) is 10.2 Å². The number of aryl methyl sites for hydroxylation is 1. The molecule has 2 atom stereocenters. The van der Waals surface area contributed by atoms with Crippen molar-refractivity contribution in [1.82, 2.24) is 14.8 Å². The van der Waals surface area contributed by atoms with Gasteiger partial charge in [-0.05, 0) is 69.2 Å². The van der Waals surface area contributed by atoms with Crippen molar-refractivity contribution in [3.05, 3.63) is 90.0 Å². The van der Waals surface area contributed by atoms with E-state index in [1.54, 1.807) is 32.0 Å². The van der Waals surface area contributed by atoms with Gasteiger partial charge in [0.2, 0.25) is 0 Å². The Morgan fingerprint density at radius 1 is 0.882 bits per heavy atom. The molecule has 8 heteroatoms. The second-order valence-corrected chi connectivity index (χ2v) is 7.88. The summed E-state index contributed by atoms with van der Waals surface area (Å²) < 4.78 is 28.4. The molecule has 2 N–H and O–H groups in total. The van der Waals surface area contributed by atoms with Crippen molar-refractivity contribution in [2.45, 2.75) is 39.4 Å². The van der Waals surface area contributed by atoms with Crippen molar-refractivity contribution < 1.29 is 39.1 Å². The fourth-order valence-electron chi connectivity index (χ4n) is 3.29. The van der Waals surface area contributed by atoms with Crippen molar-refractivity contribution in [3.8, 4) is 28.5 Å². The van der Waals surface area contributed by atoms with Crippen LogP contribution in [0.1, 0.15) is 25.8 Å². The van der Waals surface area contributed by atoms with E-state index in [9.17, 15) is 8.78 Å². The summed E-state index contributed by atoms with van der Waals surface area (Å²) in [6.07, 6.45) is -0.278. The van der Waals surface area contributed by atoms with Crippen LogP contribution in [0.2, 0.25) is 0 Å². The average molecular weight is 643 g/mol. The first kappa shape index (κ1) is 27.5. The molecule has 0 saturated heterocycles. The molecule has 0 saturated carbocycles. The SMILES string of the molecule is CC(O)CC(C)O.Cc1cccc(-n2c(-c3[c-]cc(F)cc3)nnc2-c2ccc(F)cc2)c1.[Ir]. The summed E-state index contributed by atoms with van der Waals surface area (Å²) in [6.45, 7) is 5.31. The van der Waals surface area contributed by atoms with Crippen molar-refractivity contribution in [2.24, 2.45) is 0 Å². The van der Waals surface area contributed by atoms with E-state index < -0.39 is 0 Å². The van der Waals surface area contributed by atoms with Crippen molar-refractivity contribution >= 4 is 0 Å². The zero-order valence-electron chi connectivity index (χ0n) is 19.0. The third-order valence-corrected chi connectivity index (χ3v) is 4.72. The maximum absolute atomic E-state index is 13.3. The Hall–Kier alpha value is -2.77. The van der Waals surface area contributed by atoms with E-state index in [0.717, 1.165) is 16.8 Å². The molecule has 0 spiro atoms. The number of hydrogen-bond acceptors (Lipinski definition) is 4. The first-order valence-electron chi connectivity index (χ1n) is 10.6. The minimum atomic E-state index is -0.375. The van der Waals surface area contributed by atoms with Crippen LogP contribution in [-0.4, -0.2) is 37.2 Å². The second-order valence-electron chi connectivity index (χ2n) is 7.88. The van der Waals surface area contributed by atoms with Gasteiger partial charge < -0.3 is 14.8 Å². The fraction of sp³-hybridized carbons (Fsp3) is 0.231. The molecule has 1 radical (unpaired) electrons. The zero-order chi connectivity index (χ0) is 24.0. The quantitative estimate of drug-likeness (QED) is 0.297. The molecule has 3 aromatic carbocycles. The molecule has 0 amide bonds. The first-order valence-corrected chi connectivity index (χ1v) is 10.6. The molecule has 0 bridgehead atoms. The van der Waals surface area contributed by atoms with Crippen LogP contribution in [0.5, 0.6) is 0 Å². The maximum Gasteiger partial charge on any atom is 0.159 e. The van der Waals surface area contributed by atoms with Gasteiger partial charge in [0, 0.05) is 37.2 Å². The third kappa shape index (κ3) is 7.37. The van der Waals surface area contributed by atoms with E-state index >= 15 is 0 Å². The Kier molecular flexibility index (Phi) is 10.2. The van der Waals surface area contributed by atoms with E-state index in [0.29, 0.717) is 23.6 Å². The Bertz CT molecular complexity index is 1110. The van der Waals surface area contributed by atoms with Crippen molar-refractivity contribution in [3.63, 3.8) is 0 Å². The largest absolute Gasteiger partial charge is 0.393 e. The molecule has 0 aliphatic heterocycles. The monoisotopic (exact) mass is 643 g/mol. The molecule has 0 aliphatic carbocycles. The maximum atomic E-state index is 13.3. The Morgan fingerprint density at radius 2 is 1.50 bits per heavy atom. The molecule has 4 aromatic rings. The molecular weight excluding hydrogens is 617 g/mol. The molecule has 181 valence electrons. The number of aliphatic hydroxyl groups excluding tert-OH is 2. The molecule has 4 rings (SSSR count). The van der Waals surface area contributed by atoms with Gasteiger partial charge in [-0.2, -0.15) is 5.10 Å². The number of nitrogens with zero attached hydrogens (tertiary/aromatic N) is 3. The summed E-state index contributed by atoms with van der Waals surface area (Å²) in [7, 11) is 0. The summed E-state index contributed by atoms with van der Waals surface area (Å²) in [5.74, 6) is 0.426.